The van der Waals surface area contributed by atoms with Crippen LogP contribution in [0, 0.1) is 0 Å². The second-order valence-corrected chi connectivity index (χ2v) is 7.51. The van der Waals surface area contributed by atoms with Gasteiger partial charge in [-0.25, -0.2) is 15.0 Å². The fourth-order valence-electron chi connectivity index (χ4n) is 3.18. The summed E-state index contributed by atoms with van der Waals surface area (Å²) in [6.45, 7) is 0. The molecule has 0 radical (unpaired) electrons. The Hall–Kier alpha value is -3.67. The number of hydrogen-bond donors (Lipinski definition) is 2. The highest BCUT2D eigenvalue weighted by Gasteiger charge is 2.35. The Balaban J connectivity index is 1.55. The quantitative estimate of drug-likeness (QED) is 0.426. The molecular weight excluding hydrogens is 488 g/mol. The molecular formula is C21H12ClF6N5O. The predicted octanol–water partition coefficient (Wildman–Crippen LogP) is 6.12. The van der Waals surface area contributed by atoms with Crippen LogP contribution in [0.4, 0.5) is 43.5 Å². The van der Waals surface area contributed by atoms with Gasteiger partial charge in [0.2, 0.25) is 0 Å². The first kappa shape index (κ1) is 23.5. The lowest BCUT2D eigenvalue weighted by Crippen LogP contribution is -2.16. The minimum absolute atomic E-state index is 0.0441. The van der Waals surface area contributed by atoms with Crippen LogP contribution in [-0.2, 0) is 18.8 Å². The molecule has 3 aromatic rings. The van der Waals surface area contributed by atoms with E-state index in [1.54, 1.807) is 0 Å². The smallest absolute Gasteiger partial charge is 0.342 e. The number of anilines is 2. The normalized spacial score (nSPS) is 14.6. The average molecular weight is 500 g/mol. The number of hydrogen-bond acceptors (Lipinski definition) is 4. The molecule has 0 aliphatic carbocycles. The number of fused-ring (bicyclic) bond motifs is 1. The van der Waals surface area contributed by atoms with Gasteiger partial charge in [-0.05, 0) is 35.9 Å². The van der Waals surface area contributed by atoms with Crippen molar-refractivity contribution in [3.05, 3.63) is 76.2 Å². The molecule has 0 atom stereocenters. The van der Waals surface area contributed by atoms with Crippen LogP contribution in [0.25, 0.3) is 0 Å². The molecule has 1 aliphatic heterocycles. The van der Waals surface area contributed by atoms with E-state index in [-0.39, 0.29) is 28.8 Å². The number of halogens is 7. The Kier molecular flexibility index (Phi) is 5.94. The standard InChI is InChI=1S/C21H12ClF6N5O/c22-13-3-1-2-12(21(26,27)28)18(13)32-17-7-10-6-14(30-9-15(10)31-17)19(34)33-16-8-11(4-5-29-16)20(23,24)25/h1-6,8-9H,7H2,(H,31,32)(H,29,33,34). The van der Waals surface area contributed by atoms with Crippen LogP contribution in [-0.4, -0.2) is 21.7 Å². The Morgan fingerprint density at radius 3 is 2.53 bits per heavy atom. The number of nitrogens with one attached hydrogen (secondary N) is 2. The molecule has 34 heavy (non-hydrogen) atoms. The number of alkyl halides is 6. The fraction of sp³-hybridized carbons (Fsp3) is 0.143. The van der Waals surface area contributed by atoms with Gasteiger partial charge in [0, 0.05) is 12.6 Å². The van der Waals surface area contributed by atoms with Crippen molar-refractivity contribution in [2.24, 2.45) is 4.99 Å². The fourth-order valence-corrected chi connectivity index (χ4v) is 3.39. The van der Waals surface area contributed by atoms with E-state index in [0.717, 1.165) is 18.3 Å². The van der Waals surface area contributed by atoms with Gasteiger partial charge in [-0.15, -0.1) is 0 Å². The number of para-hydroxylation sites is 1. The molecule has 1 aromatic carbocycles. The maximum Gasteiger partial charge on any atom is 0.418 e. The first-order valence-corrected chi connectivity index (χ1v) is 9.83. The summed E-state index contributed by atoms with van der Waals surface area (Å²) in [5.74, 6) is -0.987. The summed E-state index contributed by atoms with van der Waals surface area (Å²) in [4.78, 5) is 24.1. The largest absolute Gasteiger partial charge is 0.418 e. The van der Waals surface area contributed by atoms with Crippen LogP contribution in [0.5, 0.6) is 0 Å². The van der Waals surface area contributed by atoms with Crippen molar-refractivity contribution in [3.8, 4) is 0 Å². The SMILES string of the molecule is O=C(Nc1cc(C(F)(F)F)ccn1)c1cc2c(cn1)NC(=Nc1c(Cl)cccc1C(F)(F)F)C2. The molecule has 1 amide bonds. The summed E-state index contributed by atoms with van der Waals surface area (Å²) in [5, 5.41) is 4.87. The minimum atomic E-state index is -4.67. The molecule has 0 saturated heterocycles. The molecule has 0 fully saturated rings. The zero-order chi connectivity index (χ0) is 24.7. The number of carbonyl (C=O) groups is 1. The Morgan fingerprint density at radius 1 is 1.06 bits per heavy atom. The Bertz CT molecular complexity index is 1310. The van der Waals surface area contributed by atoms with Gasteiger partial charge < -0.3 is 10.6 Å². The van der Waals surface area contributed by atoms with Crippen molar-refractivity contribution in [2.75, 3.05) is 10.6 Å². The summed E-state index contributed by atoms with van der Waals surface area (Å²) in [6.07, 6.45) is -7.06. The third-order valence-electron chi connectivity index (χ3n) is 4.73. The number of rotatable bonds is 3. The molecule has 2 aromatic heterocycles. The second kappa shape index (κ2) is 8.60. The van der Waals surface area contributed by atoms with E-state index < -0.39 is 35.1 Å². The number of pyridine rings is 2. The first-order valence-electron chi connectivity index (χ1n) is 9.45. The van der Waals surface area contributed by atoms with Crippen molar-refractivity contribution >= 4 is 40.5 Å². The molecule has 176 valence electrons. The van der Waals surface area contributed by atoms with Gasteiger partial charge in [0.25, 0.3) is 5.91 Å². The lowest BCUT2D eigenvalue weighted by Gasteiger charge is -2.11. The van der Waals surface area contributed by atoms with E-state index in [4.69, 9.17) is 11.6 Å². The molecule has 3 heterocycles. The monoisotopic (exact) mass is 499 g/mol. The minimum Gasteiger partial charge on any atom is -0.342 e. The topological polar surface area (TPSA) is 79.3 Å². The van der Waals surface area contributed by atoms with Crippen LogP contribution < -0.4 is 10.6 Å². The molecule has 2 N–H and O–H groups in total. The van der Waals surface area contributed by atoms with E-state index in [2.05, 4.69) is 25.6 Å². The van der Waals surface area contributed by atoms with E-state index in [0.29, 0.717) is 17.3 Å². The molecule has 6 nitrogen and oxygen atoms in total. The maximum atomic E-state index is 13.3. The summed E-state index contributed by atoms with van der Waals surface area (Å²) < 4.78 is 78.5. The molecule has 4 rings (SSSR count). The number of carbonyl (C=O) groups excluding carboxylic acids is 1. The van der Waals surface area contributed by atoms with Crippen molar-refractivity contribution in [1.29, 1.82) is 0 Å². The predicted molar refractivity (Wildman–Crippen MR) is 112 cm³/mol. The molecule has 0 unspecified atom stereocenters. The zero-order valence-corrected chi connectivity index (χ0v) is 17.5. The van der Waals surface area contributed by atoms with Crippen molar-refractivity contribution in [3.63, 3.8) is 0 Å². The van der Waals surface area contributed by atoms with Gasteiger partial charge in [-0.2, -0.15) is 26.3 Å². The van der Waals surface area contributed by atoms with E-state index >= 15 is 0 Å². The lowest BCUT2D eigenvalue weighted by molar-refractivity contribution is -0.138. The summed E-state index contributed by atoms with van der Waals surface area (Å²) in [6, 6.07) is 6.10. The number of nitrogens with zero attached hydrogens (tertiary/aromatic N) is 3. The highest BCUT2D eigenvalue weighted by molar-refractivity contribution is 6.33. The van der Waals surface area contributed by atoms with Crippen LogP contribution in [0.1, 0.15) is 27.2 Å². The molecule has 1 aliphatic rings. The van der Waals surface area contributed by atoms with Gasteiger partial charge in [0.1, 0.15) is 17.3 Å². The number of amidine groups is 1. The van der Waals surface area contributed by atoms with Gasteiger partial charge >= 0.3 is 12.4 Å². The third-order valence-corrected chi connectivity index (χ3v) is 5.03. The van der Waals surface area contributed by atoms with Crippen molar-refractivity contribution in [1.82, 2.24) is 9.97 Å². The second-order valence-electron chi connectivity index (χ2n) is 7.10. The Morgan fingerprint density at radius 2 is 1.82 bits per heavy atom. The number of aliphatic imine (C=N–C) groups is 1. The molecule has 13 heteroatoms. The summed E-state index contributed by atoms with van der Waals surface area (Å²) in [7, 11) is 0. The molecule has 0 bridgehead atoms. The van der Waals surface area contributed by atoms with Crippen LogP contribution in [0.3, 0.4) is 0 Å². The maximum absolute atomic E-state index is 13.3. The zero-order valence-electron chi connectivity index (χ0n) is 16.7. The van der Waals surface area contributed by atoms with Gasteiger partial charge in [-0.3, -0.25) is 4.79 Å². The third kappa shape index (κ3) is 4.96. The van der Waals surface area contributed by atoms with Crippen LogP contribution in [0.2, 0.25) is 5.02 Å². The van der Waals surface area contributed by atoms with Gasteiger partial charge in [-0.1, -0.05) is 17.7 Å². The van der Waals surface area contributed by atoms with Crippen LogP contribution in [0.15, 0.2) is 53.8 Å². The Labute approximate surface area is 192 Å². The van der Waals surface area contributed by atoms with E-state index in [1.165, 1.54) is 24.4 Å². The van der Waals surface area contributed by atoms with Crippen molar-refractivity contribution < 1.29 is 31.1 Å². The van der Waals surface area contributed by atoms with E-state index in [9.17, 15) is 31.1 Å². The van der Waals surface area contributed by atoms with Crippen molar-refractivity contribution in [2.45, 2.75) is 18.8 Å². The molecule has 0 saturated carbocycles. The highest BCUT2D eigenvalue weighted by Crippen LogP contribution is 2.41. The van der Waals surface area contributed by atoms with Crippen LogP contribution >= 0.6 is 11.6 Å². The summed E-state index contributed by atoms with van der Waals surface area (Å²) >= 11 is 5.93. The molecule has 0 spiro atoms. The number of amides is 1. The van der Waals surface area contributed by atoms with Gasteiger partial charge in [0.15, 0.2) is 0 Å². The number of aromatic nitrogens is 2. The number of benzene rings is 1. The van der Waals surface area contributed by atoms with E-state index in [1.807, 2.05) is 0 Å². The van der Waals surface area contributed by atoms with Gasteiger partial charge in [0.05, 0.1) is 33.7 Å². The average Bonchev–Trinajstić information content (AvgIpc) is 3.15. The highest BCUT2D eigenvalue weighted by atomic mass is 35.5. The summed E-state index contributed by atoms with van der Waals surface area (Å²) in [5.41, 5.74) is -1.66. The lowest BCUT2D eigenvalue weighted by atomic mass is 10.1. The first-order chi connectivity index (χ1) is 15.9.